The normalized spacial score (nSPS) is 17.6. The lowest BCUT2D eigenvalue weighted by Crippen LogP contribution is -2.32. The third kappa shape index (κ3) is 6.19. The van der Waals surface area contributed by atoms with Crippen LogP contribution in [0.2, 0.25) is 0 Å². The highest BCUT2D eigenvalue weighted by molar-refractivity contribution is 5.02. The van der Waals surface area contributed by atoms with Crippen molar-refractivity contribution in [1.29, 1.82) is 0 Å². The van der Waals surface area contributed by atoms with E-state index < -0.39 is 0 Å². The number of rotatable bonds is 10. The van der Waals surface area contributed by atoms with Crippen LogP contribution >= 0.6 is 0 Å². The van der Waals surface area contributed by atoms with Crippen molar-refractivity contribution in [3.63, 3.8) is 0 Å². The second-order valence-electron chi connectivity index (χ2n) is 8.09. The second-order valence-corrected chi connectivity index (χ2v) is 8.09. The largest absolute Gasteiger partial charge is 0.0654 e. The lowest BCUT2D eigenvalue weighted by Gasteiger charge is -2.41. The van der Waals surface area contributed by atoms with Gasteiger partial charge in [0.05, 0.1) is 0 Å². The monoisotopic (exact) mass is 281 g/mol. The molecule has 0 spiro atoms. The fourth-order valence-corrected chi connectivity index (χ4v) is 3.73. The first-order valence-corrected chi connectivity index (χ1v) is 9.02. The molecule has 20 heavy (non-hydrogen) atoms. The zero-order valence-electron chi connectivity index (χ0n) is 15.8. The molecule has 0 bridgehead atoms. The van der Waals surface area contributed by atoms with Crippen LogP contribution in [-0.2, 0) is 0 Å². The number of hydrogen-bond acceptors (Lipinski definition) is 0. The molecule has 1 radical (unpaired) electrons. The van der Waals surface area contributed by atoms with Gasteiger partial charge in [-0.2, -0.15) is 0 Å². The van der Waals surface area contributed by atoms with Gasteiger partial charge in [-0.25, -0.2) is 0 Å². The molecule has 0 aliphatic heterocycles. The van der Waals surface area contributed by atoms with E-state index in [0.717, 1.165) is 23.7 Å². The molecule has 0 nitrogen and oxygen atoms in total. The first-order chi connectivity index (χ1) is 9.17. The molecule has 0 rings (SSSR count). The van der Waals surface area contributed by atoms with Crippen LogP contribution in [-0.4, -0.2) is 0 Å². The topological polar surface area (TPSA) is 0 Å². The summed E-state index contributed by atoms with van der Waals surface area (Å²) in [5.41, 5.74) is 0.426. The Morgan fingerprint density at radius 1 is 0.900 bits per heavy atom. The smallest absolute Gasteiger partial charge is 0.0185 e. The van der Waals surface area contributed by atoms with Crippen LogP contribution in [0, 0.1) is 35.0 Å². The average Bonchev–Trinajstić information content (AvgIpc) is 2.35. The van der Waals surface area contributed by atoms with Crippen LogP contribution in [0.3, 0.4) is 0 Å². The van der Waals surface area contributed by atoms with Crippen molar-refractivity contribution in [3.05, 3.63) is 5.92 Å². The Bertz CT molecular complexity index is 238. The number of unbranched alkanes of at least 4 members (excludes halogenated alkanes) is 1. The van der Waals surface area contributed by atoms with E-state index in [1.54, 1.807) is 5.92 Å². The molecule has 0 aliphatic rings. The summed E-state index contributed by atoms with van der Waals surface area (Å²) in [5.74, 6) is 4.91. The fourth-order valence-electron chi connectivity index (χ4n) is 3.73. The van der Waals surface area contributed by atoms with Crippen LogP contribution in [0.25, 0.3) is 0 Å². The molecule has 0 amide bonds. The van der Waals surface area contributed by atoms with Gasteiger partial charge < -0.3 is 0 Å². The zero-order chi connectivity index (χ0) is 15.9. The Labute approximate surface area is 130 Å². The molecule has 0 aliphatic carbocycles. The molecule has 0 heteroatoms. The molecule has 0 saturated carbocycles. The molecule has 121 valence electrons. The van der Waals surface area contributed by atoms with Crippen LogP contribution in [0.4, 0.5) is 0 Å². The summed E-state index contributed by atoms with van der Waals surface area (Å²) in [6.45, 7) is 21.7. The average molecular weight is 282 g/mol. The van der Waals surface area contributed by atoms with E-state index in [-0.39, 0.29) is 0 Å². The summed E-state index contributed by atoms with van der Waals surface area (Å²) in [7, 11) is 0. The molecule has 0 aromatic heterocycles. The zero-order valence-corrected chi connectivity index (χ0v) is 15.8. The first kappa shape index (κ1) is 20.0. The predicted molar refractivity (Wildman–Crippen MR) is 93.8 cm³/mol. The molecule has 0 aromatic carbocycles. The maximum Gasteiger partial charge on any atom is -0.0185 e. The Morgan fingerprint density at radius 3 is 1.85 bits per heavy atom. The summed E-state index contributed by atoms with van der Waals surface area (Å²) >= 11 is 0. The fraction of sp³-hybridized carbons (Fsp3) is 0.950. The van der Waals surface area contributed by atoms with Gasteiger partial charge in [-0.15, -0.1) is 0 Å². The Hall–Kier alpha value is 0. The molecule has 0 N–H and O–H groups in total. The lowest BCUT2D eigenvalue weighted by molar-refractivity contribution is 0.147. The molecule has 0 fully saturated rings. The summed E-state index contributed by atoms with van der Waals surface area (Å²) in [5, 5.41) is 0. The van der Waals surface area contributed by atoms with Gasteiger partial charge in [0, 0.05) is 0 Å². The van der Waals surface area contributed by atoms with Crippen molar-refractivity contribution in [2.24, 2.45) is 29.1 Å². The third-order valence-electron chi connectivity index (χ3n) is 5.71. The van der Waals surface area contributed by atoms with Crippen molar-refractivity contribution < 1.29 is 0 Å². The predicted octanol–water partition coefficient (Wildman–Crippen LogP) is 7.14. The summed E-state index contributed by atoms with van der Waals surface area (Å²) in [4.78, 5) is 0. The maximum absolute atomic E-state index is 2.48. The Balaban J connectivity index is 4.62. The highest BCUT2D eigenvalue weighted by atomic mass is 14.4. The van der Waals surface area contributed by atoms with Crippen LogP contribution in [0.5, 0.6) is 0 Å². The highest BCUT2D eigenvalue weighted by Gasteiger charge is 2.34. The van der Waals surface area contributed by atoms with Gasteiger partial charge in [0.15, 0.2) is 0 Å². The van der Waals surface area contributed by atoms with Gasteiger partial charge in [0.25, 0.3) is 0 Å². The van der Waals surface area contributed by atoms with Crippen LogP contribution in [0.1, 0.15) is 94.4 Å². The molecular formula is C20H41. The van der Waals surface area contributed by atoms with Crippen LogP contribution < -0.4 is 0 Å². The van der Waals surface area contributed by atoms with Gasteiger partial charge in [0.1, 0.15) is 0 Å². The van der Waals surface area contributed by atoms with Gasteiger partial charge in [0.2, 0.25) is 0 Å². The minimum absolute atomic E-state index is 0.426. The minimum Gasteiger partial charge on any atom is -0.0654 e. The Morgan fingerprint density at radius 2 is 1.45 bits per heavy atom. The number of hydrogen-bond donors (Lipinski definition) is 0. The van der Waals surface area contributed by atoms with Crippen molar-refractivity contribution >= 4 is 0 Å². The molecular weight excluding hydrogens is 240 g/mol. The highest BCUT2D eigenvalue weighted by Crippen LogP contribution is 2.44. The van der Waals surface area contributed by atoms with E-state index in [1.807, 2.05) is 0 Å². The van der Waals surface area contributed by atoms with E-state index in [1.165, 1.54) is 32.1 Å². The maximum atomic E-state index is 2.48. The van der Waals surface area contributed by atoms with Crippen molar-refractivity contribution in [2.45, 2.75) is 94.4 Å². The molecule has 3 atom stereocenters. The molecule has 3 unspecified atom stereocenters. The van der Waals surface area contributed by atoms with Gasteiger partial charge >= 0.3 is 0 Å². The SMILES string of the molecule is CCCCC(C)C(C)CC(C)(C)C(C)[C](CC)C(C)C. The Kier molecular flexibility index (Phi) is 9.11. The van der Waals surface area contributed by atoms with Crippen LogP contribution in [0.15, 0.2) is 0 Å². The van der Waals surface area contributed by atoms with Gasteiger partial charge in [-0.1, -0.05) is 81.6 Å². The first-order valence-electron chi connectivity index (χ1n) is 9.02. The van der Waals surface area contributed by atoms with E-state index in [4.69, 9.17) is 0 Å². The molecule has 0 aromatic rings. The second kappa shape index (κ2) is 9.11. The van der Waals surface area contributed by atoms with E-state index in [9.17, 15) is 0 Å². The summed E-state index contributed by atoms with van der Waals surface area (Å²) < 4.78 is 0. The van der Waals surface area contributed by atoms with Gasteiger partial charge in [-0.3, -0.25) is 0 Å². The summed E-state index contributed by atoms with van der Waals surface area (Å²) in [6.07, 6.45) is 6.71. The molecule has 0 saturated heterocycles. The third-order valence-corrected chi connectivity index (χ3v) is 5.71. The molecule has 0 heterocycles. The van der Waals surface area contributed by atoms with Crippen molar-refractivity contribution in [1.82, 2.24) is 0 Å². The van der Waals surface area contributed by atoms with Crippen molar-refractivity contribution in [3.8, 4) is 0 Å². The quantitative estimate of drug-likeness (QED) is 0.399. The van der Waals surface area contributed by atoms with E-state index >= 15 is 0 Å². The minimum atomic E-state index is 0.426. The summed E-state index contributed by atoms with van der Waals surface area (Å²) in [6, 6.07) is 0. The van der Waals surface area contributed by atoms with E-state index in [0.29, 0.717) is 5.41 Å². The lowest BCUT2D eigenvalue weighted by atomic mass is 9.64. The van der Waals surface area contributed by atoms with E-state index in [2.05, 4.69) is 62.3 Å². The van der Waals surface area contributed by atoms with Gasteiger partial charge in [-0.05, 0) is 47.8 Å². The van der Waals surface area contributed by atoms with Crippen molar-refractivity contribution in [2.75, 3.05) is 0 Å². The standard InChI is InChI=1S/C20H41/c1-10-12-13-16(5)17(6)14-20(8,9)18(7)19(11-2)15(3)4/h15-18H,10-14H2,1-9H3.